The molecule has 2 aliphatic rings. The van der Waals surface area contributed by atoms with Gasteiger partial charge in [-0.3, -0.25) is 0 Å². The summed E-state index contributed by atoms with van der Waals surface area (Å²) in [4.78, 5) is 0. The molecule has 2 N–H and O–H groups in total. The van der Waals surface area contributed by atoms with Gasteiger partial charge in [0.15, 0.2) is 0 Å². The Hall–Kier alpha value is -1.80. The molecule has 0 aromatic heterocycles. The molecule has 0 fully saturated rings. The van der Waals surface area contributed by atoms with Gasteiger partial charge in [0.05, 0.1) is 0 Å². The minimum absolute atomic E-state index is 0.158. The maximum absolute atomic E-state index is 10.5. The van der Waals surface area contributed by atoms with Crippen LogP contribution in [0.2, 0.25) is 0 Å². The van der Waals surface area contributed by atoms with Crippen molar-refractivity contribution < 1.29 is 10.2 Å². The number of benzene rings is 1. The van der Waals surface area contributed by atoms with Crippen molar-refractivity contribution >= 4 is 11.6 Å². The van der Waals surface area contributed by atoms with Crippen LogP contribution < -0.4 is 0 Å². The van der Waals surface area contributed by atoms with E-state index in [-0.39, 0.29) is 5.76 Å². The number of aliphatic hydroxyl groups excluding tert-OH is 1. The topological polar surface area (TPSA) is 40.5 Å². The molecule has 2 aliphatic carbocycles. The maximum atomic E-state index is 10.5. The third-order valence-electron chi connectivity index (χ3n) is 3.16. The number of hydrogen-bond acceptors (Lipinski definition) is 2. The molecule has 0 bridgehead atoms. The highest BCUT2D eigenvalue weighted by Gasteiger charge is 2.36. The zero-order valence-corrected chi connectivity index (χ0v) is 8.72. The van der Waals surface area contributed by atoms with E-state index < -0.39 is 5.60 Å². The summed E-state index contributed by atoms with van der Waals surface area (Å²) in [6.07, 6.45) is 7.61. The molecule has 1 unspecified atom stereocenters. The van der Waals surface area contributed by atoms with Crippen LogP contribution in [-0.4, -0.2) is 15.8 Å². The lowest BCUT2D eigenvalue weighted by molar-refractivity contribution is 0.151. The summed E-state index contributed by atoms with van der Waals surface area (Å²) in [6.45, 7) is 0. The van der Waals surface area contributed by atoms with Crippen LogP contribution in [0.1, 0.15) is 17.5 Å². The molecule has 2 heteroatoms. The number of hydrogen-bond donors (Lipinski definition) is 2. The molecule has 0 radical (unpaired) electrons. The van der Waals surface area contributed by atoms with E-state index >= 15 is 0 Å². The van der Waals surface area contributed by atoms with Crippen LogP contribution in [0, 0.1) is 0 Å². The predicted octanol–water partition coefficient (Wildman–Crippen LogP) is 2.67. The smallest absolute Gasteiger partial charge is 0.122 e. The van der Waals surface area contributed by atoms with Crippen molar-refractivity contribution in [1.29, 1.82) is 0 Å². The van der Waals surface area contributed by atoms with Crippen molar-refractivity contribution in [1.82, 2.24) is 0 Å². The molecule has 3 rings (SSSR count). The number of rotatable bonds is 0. The lowest BCUT2D eigenvalue weighted by atomic mass is 9.76. The molecule has 80 valence electrons. The van der Waals surface area contributed by atoms with Crippen molar-refractivity contribution in [3.05, 3.63) is 59.4 Å². The summed E-state index contributed by atoms with van der Waals surface area (Å²) in [5, 5.41) is 20.4. The summed E-state index contributed by atoms with van der Waals surface area (Å²) in [7, 11) is 0. The first-order valence-corrected chi connectivity index (χ1v) is 5.32. The average molecular weight is 212 g/mol. The van der Waals surface area contributed by atoms with E-state index in [4.69, 9.17) is 0 Å². The maximum Gasteiger partial charge on any atom is 0.122 e. The SMILES string of the molecule is OC1=C2c3ccccc3C=CC2(O)CC=C1. The fourth-order valence-electron chi connectivity index (χ4n) is 2.38. The molecule has 0 heterocycles. The monoisotopic (exact) mass is 212 g/mol. The van der Waals surface area contributed by atoms with E-state index in [1.165, 1.54) is 0 Å². The van der Waals surface area contributed by atoms with Gasteiger partial charge < -0.3 is 10.2 Å². The number of aliphatic hydroxyl groups is 2. The predicted molar refractivity (Wildman–Crippen MR) is 63.7 cm³/mol. The van der Waals surface area contributed by atoms with Gasteiger partial charge >= 0.3 is 0 Å². The Bertz CT molecular complexity index is 537. The molecule has 16 heavy (non-hydrogen) atoms. The number of allylic oxidation sites excluding steroid dienone is 1. The van der Waals surface area contributed by atoms with Crippen molar-refractivity contribution in [3.63, 3.8) is 0 Å². The minimum atomic E-state index is -1.05. The second-order valence-electron chi connectivity index (χ2n) is 4.21. The third kappa shape index (κ3) is 1.17. The Morgan fingerprint density at radius 3 is 2.81 bits per heavy atom. The molecule has 0 saturated heterocycles. The summed E-state index contributed by atoms with van der Waals surface area (Å²) in [6, 6.07) is 7.76. The quantitative estimate of drug-likeness (QED) is 0.694. The molecule has 2 nitrogen and oxygen atoms in total. The third-order valence-corrected chi connectivity index (χ3v) is 3.16. The van der Waals surface area contributed by atoms with Gasteiger partial charge in [0.1, 0.15) is 11.4 Å². The van der Waals surface area contributed by atoms with E-state index in [0.717, 1.165) is 11.1 Å². The lowest BCUT2D eigenvalue weighted by Gasteiger charge is -2.33. The van der Waals surface area contributed by atoms with E-state index in [0.29, 0.717) is 12.0 Å². The summed E-state index contributed by atoms with van der Waals surface area (Å²) < 4.78 is 0. The summed E-state index contributed by atoms with van der Waals surface area (Å²) in [5.74, 6) is 0.158. The summed E-state index contributed by atoms with van der Waals surface area (Å²) >= 11 is 0. The first kappa shape index (κ1) is 9.43. The molecular formula is C14H12O2. The zero-order chi connectivity index (χ0) is 11.2. The van der Waals surface area contributed by atoms with Gasteiger partial charge in [-0.15, -0.1) is 0 Å². The molecule has 0 saturated carbocycles. The number of fused-ring (bicyclic) bond motifs is 3. The van der Waals surface area contributed by atoms with Gasteiger partial charge in [-0.2, -0.15) is 0 Å². The normalized spacial score (nSPS) is 26.6. The Morgan fingerprint density at radius 1 is 1.12 bits per heavy atom. The molecule has 1 atom stereocenters. The molecule has 0 amide bonds. The van der Waals surface area contributed by atoms with Gasteiger partial charge in [0.25, 0.3) is 0 Å². The molecule has 0 aliphatic heterocycles. The van der Waals surface area contributed by atoms with Gasteiger partial charge in [0, 0.05) is 12.0 Å². The standard InChI is InChI=1S/C14H12O2/c15-12-6-3-8-14(16)9-7-10-4-1-2-5-11(10)13(12)14/h1-7,9,15-16H,8H2. The second kappa shape index (κ2) is 3.09. The van der Waals surface area contributed by atoms with Crippen LogP contribution >= 0.6 is 0 Å². The van der Waals surface area contributed by atoms with Crippen molar-refractivity contribution in [2.45, 2.75) is 12.0 Å². The van der Waals surface area contributed by atoms with Crippen LogP contribution in [0.15, 0.2) is 48.3 Å². The van der Waals surface area contributed by atoms with Crippen LogP contribution in [0.5, 0.6) is 0 Å². The van der Waals surface area contributed by atoms with E-state index in [1.807, 2.05) is 30.3 Å². The van der Waals surface area contributed by atoms with Crippen LogP contribution in [0.25, 0.3) is 11.6 Å². The van der Waals surface area contributed by atoms with E-state index in [1.54, 1.807) is 18.2 Å². The second-order valence-corrected chi connectivity index (χ2v) is 4.21. The van der Waals surface area contributed by atoms with Gasteiger partial charge in [-0.1, -0.05) is 36.4 Å². The Morgan fingerprint density at radius 2 is 1.94 bits per heavy atom. The highest BCUT2D eigenvalue weighted by molar-refractivity contribution is 5.87. The minimum Gasteiger partial charge on any atom is -0.508 e. The highest BCUT2D eigenvalue weighted by Crippen LogP contribution is 2.42. The molecular weight excluding hydrogens is 200 g/mol. The lowest BCUT2D eigenvalue weighted by Crippen LogP contribution is -2.31. The van der Waals surface area contributed by atoms with Crippen molar-refractivity contribution in [2.24, 2.45) is 0 Å². The van der Waals surface area contributed by atoms with Crippen molar-refractivity contribution in [2.75, 3.05) is 0 Å². The fourth-order valence-corrected chi connectivity index (χ4v) is 2.38. The summed E-state index contributed by atoms with van der Waals surface area (Å²) in [5.41, 5.74) is 1.51. The average Bonchev–Trinajstić information content (AvgIpc) is 2.28. The Labute approximate surface area is 93.9 Å². The van der Waals surface area contributed by atoms with Crippen LogP contribution in [0.3, 0.4) is 0 Å². The Balaban J connectivity index is 2.32. The largest absolute Gasteiger partial charge is 0.508 e. The first-order valence-electron chi connectivity index (χ1n) is 5.32. The van der Waals surface area contributed by atoms with E-state index in [9.17, 15) is 10.2 Å². The van der Waals surface area contributed by atoms with Crippen molar-refractivity contribution in [3.8, 4) is 0 Å². The molecule has 1 aromatic rings. The van der Waals surface area contributed by atoms with Gasteiger partial charge in [-0.25, -0.2) is 0 Å². The zero-order valence-electron chi connectivity index (χ0n) is 8.72. The van der Waals surface area contributed by atoms with Gasteiger partial charge in [0.2, 0.25) is 0 Å². The van der Waals surface area contributed by atoms with E-state index in [2.05, 4.69) is 0 Å². The van der Waals surface area contributed by atoms with Crippen LogP contribution in [0.4, 0.5) is 0 Å². The van der Waals surface area contributed by atoms with Crippen LogP contribution in [-0.2, 0) is 0 Å². The molecule has 0 spiro atoms. The fraction of sp³-hybridized carbons (Fsp3) is 0.143. The molecule has 1 aromatic carbocycles. The Kier molecular flexibility index (Phi) is 1.82. The highest BCUT2D eigenvalue weighted by atomic mass is 16.3. The first-order chi connectivity index (χ1) is 7.71. The van der Waals surface area contributed by atoms with Gasteiger partial charge in [-0.05, 0) is 23.3 Å².